The maximum Gasteiger partial charge on any atom is 0.251 e. The number of rotatable bonds is 7. The second kappa shape index (κ2) is 8.61. The molecule has 6 nitrogen and oxygen atoms in total. The molecule has 0 aliphatic carbocycles. The molecule has 2 aromatic carbocycles. The molecule has 0 saturated heterocycles. The largest absolute Gasteiger partial charge is 0.352 e. The maximum absolute atomic E-state index is 12.4. The number of carbonyl (C=O) groups is 1. The van der Waals surface area contributed by atoms with Crippen LogP contribution in [0.1, 0.15) is 32.9 Å². The van der Waals surface area contributed by atoms with E-state index in [1.165, 1.54) is 6.26 Å². The lowest BCUT2D eigenvalue weighted by Crippen LogP contribution is -2.25. The molecule has 1 heterocycles. The fraction of sp³-hybridized carbons (Fsp3) is 0.273. The summed E-state index contributed by atoms with van der Waals surface area (Å²) in [5.41, 5.74) is 5.26. The van der Waals surface area contributed by atoms with E-state index in [9.17, 15) is 13.2 Å². The Labute approximate surface area is 171 Å². The Balaban J connectivity index is 1.56. The molecular weight excluding hydrogens is 386 g/mol. The van der Waals surface area contributed by atoms with Gasteiger partial charge in [-0.05, 0) is 61.7 Å². The maximum atomic E-state index is 12.4. The summed E-state index contributed by atoms with van der Waals surface area (Å²) < 4.78 is 24.8. The second-order valence-electron chi connectivity index (χ2n) is 7.28. The zero-order chi connectivity index (χ0) is 21.0. The van der Waals surface area contributed by atoms with Gasteiger partial charge in [0.25, 0.3) is 5.91 Å². The Morgan fingerprint density at radius 3 is 2.38 bits per heavy atom. The third-order valence-corrected chi connectivity index (χ3v) is 5.37. The van der Waals surface area contributed by atoms with Crippen molar-refractivity contribution in [3.05, 3.63) is 82.7 Å². The van der Waals surface area contributed by atoms with E-state index in [0.717, 1.165) is 22.6 Å². The number of carbonyl (C=O) groups excluding carboxylic acids is 1. The van der Waals surface area contributed by atoms with Gasteiger partial charge in [0.2, 0.25) is 0 Å². The van der Waals surface area contributed by atoms with Crippen LogP contribution in [0, 0.1) is 13.8 Å². The molecule has 3 rings (SSSR count). The number of sulfone groups is 1. The normalized spacial score (nSPS) is 11.4. The fourth-order valence-corrected chi connectivity index (χ4v) is 4.01. The predicted octanol–water partition coefficient (Wildman–Crippen LogP) is 3.01. The molecule has 1 aromatic heterocycles. The minimum atomic E-state index is -3.14. The van der Waals surface area contributed by atoms with Crippen molar-refractivity contribution in [2.24, 2.45) is 0 Å². The SMILES string of the molecule is Cc1cc(C)n(-c2ccc(CCNC(=O)c3cccc(CS(C)(=O)=O)c3)cc2)n1. The molecule has 0 aliphatic rings. The Hall–Kier alpha value is -2.93. The van der Waals surface area contributed by atoms with Crippen molar-refractivity contribution in [1.82, 2.24) is 15.1 Å². The van der Waals surface area contributed by atoms with Crippen molar-refractivity contribution in [3.8, 4) is 5.69 Å². The van der Waals surface area contributed by atoms with E-state index in [1.54, 1.807) is 24.3 Å². The number of nitrogens with zero attached hydrogens (tertiary/aromatic N) is 2. The Kier molecular flexibility index (Phi) is 6.17. The second-order valence-corrected chi connectivity index (χ2v) is 9.42. The lowest BCUT2D eigenvalue weighted by Gasteiger charge is -2.08. The summed E-state index contributed by atoms with van der Waals surface area (Å²) in [4.78, 5) is 12.4. The van der Waals surface area contributed by atoms with Crippen LogP contribution in [-0.2, 0) is 22.0 Å². The molecule has 1 amide bonds. The molecule has 0 radical (unpaired) electrons. The Morgan fingerprint density at radius 2 is 1.76 bits per heavy atom. The summed E-state index contributed by atoms with van der Waals surface area (Å²) in [5, 5.41) is 7.37. The molecule has 152 valence electrons. The van der Waals surface area contributed by atoms with Crippen LogP contribution in [-0.4, -0.2) is 36.9 Å². The zero-order valence-corrected chi connectivity index (χ0v) is 17.7. The van der Waals surface area contributed by atoms with Gasteiger partial charge in [0.15, 0.2) is 9.84 Å². The van der Waals surface area contributed by atoms with Crippen molar-refractivity contribution in [2.75, 3.05) is 12.8 Å². The van der Waals surface area contributed by atoms with E-state index in [0.29, 0.717) is 24.1 Å². The number of nitrogens with one attached hydrogen (secondary N) is 1. The first kappa shape index (κ1) is 20.8. The molecule has 1 N–H and O–H groups in total. The molecule has 0 saturated carbocycles. The van der Waals surface area contributed by atoms with Crippen LogP contribution < -0.4 is 5.32 Å². The van der Waals surface area contributed by atoms with Gasteiger partial charge in [-0.25, -0.2) is 13.1 Å². The van der Waals surface area contributed by atoms with Crippen molar-refractivity contribution in [2.45, 2.75) is 26.0 Å². The fourth-order valence-electron chi connectivity index (χ4n) is 3.22. The summed E-state index contributed by atoms with van der Waals surface area (Å²) in [6.45, 7) is 4.49. The van der Waals surface area contributed by atoms with Gasteiger partial charge < -0.3 is 5.32 Å². The van der Waals surface area contributed by atoms with Gasteiger partial charge in [0.1, 0.15) is 0 Å². The van der Waals surface area contributed by atoms with Crippen LogP contribution in [0.2, 0.25) is 0 Å². The van der Waals surface area contributed by atoms with E-state index in [-0.39, 0.29) is 11.7 Å². The highest BCUT2D eigenvalue weighted by Crippen LogP contribution is 2.13. The monoisotopic (exact) mass is 411 g/mol. The Bertz CT molecular complexity index is 1120. The molecule has 29 heavy (non-hydrogen) atoms. The first-order chi connectivity index (χ1) is 13.7. The number of hydrogen-bond donors (Lipinski definition) is 1. The molecule has 0 unspecified atom stereocenters. The van der Waals surface area contributed by atoms with Crippen LogP contribution in [0.5, 0.6) is 0 Å². The van der Waals surface area contributed by atoms with E-state index in [2.05, 4.69) is 10.4 Å². The molecule has 7 heteroatoms. The van der Waals surface area contributed by atoms with Gasteiger partial charge >= 0.3 is 0 Å². The molecule has 0 spiro atoms. The number of aryl methyl sites for hydroxylation is 2. The highest BCUT2D eigenvalue weighted by Gasteiger charge is 2.09. The van der Waals surface area contributed by atoms with Crippen molar-refractivity contribution in [1.29, 1.82) is 0 Å². The van der Waals surface area contributed by atoms with Crippen LogP contribution in [0.3, 0.4) is 0 Å². The van der Waals surface area contributed by atoms with Crippen molar-refractivity contribution >= 4 is 15.7 Å². The summed E-state index contributed by atoms with van der Waals surface area (Å²) in [7, 11) is -3.14. The topological polar surface area (TPSA) is 81.1 Å². The molecule has 0 aliphatic heterocycles. The highest BCUT2D eigenvalue weighted by molar-refractivity contribution is 7.89. The predicted molar refractivity (Wildman–Crippen MR) is 114 cm³/mol. The van der Waals surface area contributed by atoms with Gasteiger partial charge in [0, 0.05) is 24.1 Å². The van der Waals surface area contributed by atoms with E-state index < -0.39 is 9.84 Å². The minimum Gasteiger partial charge on any atom is -0.352 e. The van der Waals surface area contributed by atoms with Gasteiger partial charge in [0.05, 0.1) is 17.1 Å². The molecule has 3 aromatic rings. The average molecular weight is 412 g/mol. The summed E-state index contributed by atoms with van der Waals surface area (Å²) >= 11 is 0. The van der Waals surface area contributed by atoms with Crippen LogP contribution in [0.4, 0.5) is 0 Å². The molecular formula is C22H25N3O3S. The van der Waals surface area contributed by atoms with Gasteiger partial charge in [-0.3, -0.25) is 4.79 Å². The average Bonchev–Trinajstić information content (AvgIpc) is 2.99. The van der Waals surface area contributed by atoms with Crippen molar-refractivity contribution < 1.29 is 13.2 Å². The third kappa shape index (κ3) is 5.77. The first-order valence-corrected chi connectivity index (χ1v) is 11.4. The standard InChI is InChI=1S/C22H25N3O3S/c1-16-13-17(2)25(24-16)21-9-7-18(8-10-21)11-12-23-22(26)20-6-4-5-19(14-20)15-29(3,27)28/h4-10,13-14H,11-12,15H2,1-3H3,(H,23,26). The summed E-state index contributed by atoms with van der Waals surface area (Å²) in [6.07, 6.45) is 1.88. The molecule has 0 fully saturated rings. The lowest BCUT2D eigenvalue weighted by molar-refractivity contribution is 0.0954. The molecule has 0 atom stereocenters. The van der Waals surface area contributed by atoms with Crippen LogP contribution >= 0.6 is 0 Å². The van der Waals surface area contributed by atoms with Crippen LogP contribution in [0.25, 0.3) is 5.69 Å². The summed E-state index contributed by atoms with van der Waals surface area (Å²) in [5.74, 6) is -0.282. The first-order valence-electron chi connectivity index (χ1n) is 9.39. The number of benzene rings is 2. The van der Waals surface area contributed by atoms with Gasteiger partial charge in [-0.15, -0.1) is 0 Å². The quantitative estimate of drug-likeness (QED) is 0.648. The van der Waals surface area contributed by atoms with Gasteiger partial charge in [-0.1, -0.05) is 24.3 Å². The van der Waals surface area contributed by atoms with Crippen LogP contribution in [0.15, 0.2) is 54.6 Å². The zero-order valence-electron chi connectivity index (χ0n) is 16.8. The van der Waals surface area contributed by atoms with E-state index in [1.807, 2.05) is 48.9 Å². The van der Waals surface area contributed by atoms with E-state index >= 15 is 0 Å². The minimum absolute atomic E-state index is 0.0737. The Morgan fingerprint density at radius 1 is 1.03 bits per heavy atom. The summed E-state index contributed by atoms with van der Waals surface area (Å²) in [6, 6.07) is 16.9. The number of hydrogen-bond acceptors (Lipinski definition) is 4. The van der Waals surface area contributed by atoms with E-state index in [4.69, 9.17) is 0 Å². The van der Waals surface area contributed by atoms with Crippen molar-refractivity contribution in [3.63, 3.8) is 0 Å². The number of aromatic nitrogens is 2. The lowest BCUT2D eigenvalue weighted by atomic mass is 10.1. The molecule has 0 bridgehead atoms. The smallest absolute Gasteiger partial charge is 0.251 e. The van der Waals surface area contributed by atoms with Gasteiger partial charge in [-0.2, -0.15) is 5.10 Å². The highest BCUT2D eigenvalue weighted by atomic mass is 32.2. The number of amides is 1. The third-order valence-electron chi connectivity index (χ3n) is 4.51.